The lowest BCUT2D eigenvalue weighted by molar-refractivity contribution is -0.137. The SMILES string of the molecule is CCN(CC)CCNC(=O)NC(C)CCCC(=O)O. The van der Waals surface area contributed by atoms with Gasteiger partial charge >= 0.3 is 12.0 Å². The summed E-state index contributed by atoms with van der Waals surface area (Å²) in [6.45, 7) is 9.48. The molecule has 19 heavy (non-hydrogen) atoms. The highest BCUT2D eigenvalue weighted by Gasteiger charge is 2.08. The molecule has 1 unspecified atom stereocenters. The maximum Gasteiger partial charge on any atom is 0.315 e. The summed E-state index contributed by atoms with van der Waals surface area (Å²) < 4.78 is 0. The van der Waals surface area contributed by atoms with Crippen LogP contribution in [0.4, 0.5) is 4.79 Å². The van der Waals surface area contributed by atoms with Crippen LogP contribution in [0.2, 0.25) is 0 Å². The van der Waals surface area contributed by atoms with Crippen LogP contribution in [0.15, 0.2) is 0 Å². The van der Waals surface area contributed by atoms with Crippen molar-refractivity contribution >= 4 is 12.0 Å². The number of carboxylic acid groups (broad SMARTS) is 1. The minimum absolute atomic E-state index is 0.00666. The van der Waals surface area contributed by atoms with Crippen LogP contribution in [0.25, 0.3) is 0 Å². The van der Waals surface area contributed by atoms with E-state index in [2.05, 4.69) is 29.4 Å². The van der Waals surface area contributed by atoms with E-state index in [-0.39, 0.29) is 18.5 Å². The van der Waals surface area contributed by atoms with Gasteiger partial charge in [0.1, 0.15) is 0 Å². The summed E-state index contributed by atoms with van der Waals surface area (Å²) in [4.78, 5) is 24.1. The molecule has 3 N–H and O–H groups in total. The lowest BCUT2D eigenvalue weighted by atomic mass is 10.1. The van der Waals surface area contributed by atoms with Crippen LogP contribution in [0.5, 0.6) is 0 Å². The molecule has 0 aliphatic rings. The number of hydrogen-bond acceptors (Lipinski definition) is 3. The maximum atomic E-state index is 11.6. The molecular weight excluding hydrogens is 246 g/mol. The Hall–Kier alpha value is -1.30. The number of carbonyl (C=O) groups excluding carboxylic acids is 1. The Bertz CT molecular complexity index is 268. The summed E-state index contributed by atoms with van der Waals surface area (Å²) in [6, 6.07) is -0.192. The first kappa shape index (κ1) is 17.7. The molecule has 0 aromatic heterocycles. The summed E-state index contributed by atoms with van der Waals surface area (Å²) in [5, 5.41) is 14.1. The molecule has 6 nitrogen and oxygen atoms in total. The van der Waals surface area contributed by atoms with Crippen LogP contribution < -0.4 is 10.6 Å². The summed E-state index contributed by atoms with van der Waals surface area (Å²) in [7, 11) is 0. The second kappa shape index (κ2) is 10.6. The average Bonchev–Trinajstić information content (AvgIpc) is 2.34. The van der Waals surface area contributed by atoms with Gasteiger partial charge in [-0.3, -0.25) is 4.79 Å². The second-order valence-corrected chi connectivity index (χ2v) is 4.61. The number of urea groups is 1. The third-order valence-corrected chi connectivity index (χ3v) is 3.01. The van der Waals surface area contributed by atoms with Gasteiger partial charge in [-0.1, -0.05) is 13.8 Å². The normalized spacial score (nSPS) is 12.2. The Kier molecular flexibility index (Phi) is 9.88. The predicted octanol–water partition coefficient (Wildman–Crippen LogP) is 1.27. The third kappa shape index (κ3) is 10.3. The first-order valence-electron chi connectivity index (χ1n) is 6.98. The Morgan fingerprint density at radius 3 is 2.42 bits per heavy atom. The highest BCUT2D eigenvalue weighted by atomic mass is 16.4. The average molecular weight is 273 g/mol. The van der Waals surface area contributed by atoms with E-state index in [0.717, 1.165) is 19.6 Å². The number of nitrogens with zero attached hydrogens (tertiary/aromatic N) is 1. The number of amides is 2. The Balaban J connectivity index is 3.64. The zero-order valence-corrected chi connectivity index (χ0v) is 12.2. The van der Waals surface area contributed by atoms with Crippen molar-refractivity contribution in [3.63, 3.8) is 0 Å². The minimum atomic E-state index is -0.795. The van der Waals surface area contributed by atoms with Crippen molar-refractivity contribution in [3.8, 4) is 0 Å². The molecule has 0 heterocycles. The summed E-state index contributed by atoms with van der Waals surface area (Å²) >= 11 is 0. The Morgan fingerprint density at radius 2 is 1.89 bits per heavy atom. The molecule has 0 aliphatic heterocycles. The molecule has 0 aromatic rings. The molecule has 0 aliphatic carbocycles. The lowest BCUT2D eigenvalue weighted by Crippen LogP contribution is -2.43. The van der Waals surface area contributed by atoms with Gasteiger partial charge < -0.3 is 20.6 Å². The molecule has 0 radical (unpaired) electrons. The molecular formula is C13H27N3O3. The van der Waals surface area contributed by atoms with Crippen molar-refractivity contribution in [2.45, 2.75) is 46.1 Å². The minimum Gasteiger partial charge on any atom is -0.481 e. The smallest absolute Gasteiger partial charge is 0.315 e. The fourth-order valence-corrected chi connectivity index (χ4v) is 1.77. The molecule has 2 amide bonds. The molecule has 1 atom stereocenters. The number of hydrogen-bond donors (Lipinski definition) is 3. The van der Waals surface area contributed by atoms with Crippen LogP contribution in [0.1, 0.15) is 40.0 Å². The van der Waals surface area contributed by atoms with E-state index in [9.17, 15) is 9.59 Å². The van der Waals surface area contributed by atoms with E-state index in [1.54, 1.807) is 0 Å². The quantitative estimate of drug-likeness (QED) is 0.560. The van der Waals surface area contributed by atoms with E-state index in [1.807, 2.05) is 6.92 Å². The molecule has 0 rings (SSSR count). The number of nitrogens with one attached hydrogen (secondary N) is 2. The van der Waals surface area contributed by atoms with Crippen LogP contribution in [0.3, 0.4) is 0 Å². The highest BCUT2D eigenvalue weighted by Crippen LogP contribution is 2.00. The van der Waals surface area contributed by atoms with Crippen molar-refractivity contribution in [1.82, 2.24) is 15.5 Å². The van der Waals surface area contributed by atoms with Gasteiger partial charge in [0.2, 0.25) is 0 Å². The number of likely N-dealkylation sites (N-methyl/N-ethyl adjacent to an activating group) is 1. The molecule has 6 heteroatoms. The monoisotopic (exact) mass is 273 g/mol. The van der Waals surface area contributed by atoms with Gasteiger partial charge in [-0.2, -0.15) is 0 Å². The van der Waals surface area contributed by atoms with Gasteiger partial charge in [0.05, 0.1) is 0 Å². The first-order chi connectivity index (χ1) is 8.99. The number of aliphatic carboxylic acids is 1. The number of rotatable bonds is 10. The van der Waals surface area contributed by atoms with Gasteiger partial charge in [0.15, 0.2) is 0 Å². The van der Waals surface area contributed by atoms with E-state index >= 15 is 0 Å². The molecule has 0 aromatic carbocycles. The van der Waals surface area contributed by atoms with Crippen LogP contribution in [-0.4, -0.2) is 54.2 Å². The van der Waals surface area contributed by atoms with E-state index < -0.39 is 5.97 Å². The standard InChI is InChI=1S/C13H27N3O3/c1-4-16(5-2)10-9-14-13(19)15-11(3)7-6-8-12(17)18/h11H,4-10H2,1-3H3,(H,17,18)(H2,14,15,19). The first-order valence-corrected chi connectivity index (χ1v) is 6.98. The van der Waals surface area contributed by atoms with Crippen LogP contribution in [-0.2, 0) is 4.79 Å². The van der Waals surface area contributed by atoms with Crippen molar-refractivity contribution in [2.24, 2.45) is 0 Å². The summed E-state index contributed by atoms with van der Waals surface area (Å²) in [5.74, 6) is -0.795. The van der Waals surface area contributed by atoms with Crippen molar-refractivity contribution in [3.05, 3.63) is 0 Å². The zero-order chi connectivity index (χ0) is 14.7. The lowest BCUT2D eigenvalue weighted by Gasteiger charge is -2.19. The fourth-order valence-electron chi connectivity index (χ4n) is 1.77. The van der Waals surface area contributed by atoms with Gasteiger partial charge in [-0.05, 0) is 32.9 Å². The van der Waals surface area contributed by atoms with Gasteiger partial charge in [0.25, 0.3) is 0 Å². The molecule has 0 saturated carbocycles. The zero-order valence-electron chi connectivity index (χ0n) is 12.2. The topological polar surface area (TPSA) is 81.7 Å². The second-order valence-electron chi connectivity index (χ2n) is 4.61. The van der Waals surface area contributed by atoms with Gasteiger partial charge in [-0.15, -0.1) is 0 Å². The van der Waals surface area contributed by atoms with E-state index in [4.69, 9.17) is 5.11 Å². The summed E-state index contributed by atoms with van der Waals surface area (Å²) in [5.41, 5.74) is 0. The fraction of sp³-hybridized carbons (Fsp3) is 0.846. The van der Waals surface area contributed by atoms with Crippen molar-refractivity contribution < 1.29 is 14.7 Å². The molecule has 0 saturated heterocycles. The Morgan fingerprint density at radius 1 is 1.26 bits per heavy atom. The molecule has 0 fully saturated rings. The number of carboxylic acids is 1. The van der Waals surface area contributed by atoms with Gasteiger partial charge in [-0.25, -0.2) is 4.79 Å². The van der Waals surface area contributed by atoms with Gasteiger partial charge in [0, 0.05) is 25.6 Å². The third-order valence-electron chi connectivity index (χ3n) is 3.01. The molecule has 0 spiro atoms. The number of carbonyl (C=O) groups is 2. The Labute approximate surface area is 115 Å². The molecule has 112 valence electrons. The highest BCUT2D eigenvalue weighted by molar-refractivity contribution is 5.74. The van der Waals surface area contributed by atoms with Crippen molar-refractivity contribution in [1.29, 1.82) is 0 Å². The molecule has 0 bridgehead atoms. The predicted molar refractivity (Wildman–Crippen MR) is 75.3 cm³/mol. The summed E-state index contributed by atoms with van der Waals surface area (Å²) in [6.07, 6.45) is 1.40. The maximum absolute atomic E-state index is 11.6. The van der Waals surface area contributed by atoms with E-state index in [0.29, 0.717) is 19.4 Å². The largest absolute Gasteiger partial charge is 0.481 e. The van der Waals surface area contributed by atoms with Crippen LogP contribution in [0, 0.1) is 0 Å². The van der Waals surface area contributed by atoms with Crippen molar-refractivity contribution in [2.75, 3.05) is 26.2 Å². The van der Waals surface area contributed by atoms with Crippen LogP contribution >= 0.6 is 0 Å². The van der Waals surface area contributed by atoms with E-state index in [1.165, 1.54) is 0 Å².